The smallest absolute Gasteiger partial charge is 0.243 e. The number of hydrogen-bond donors (Lipinski definition) is 0. The van der Waals surface area contributed by atoms with Crippen molar-refractivity contribution in [1.82, 2.24) is 14.1 Å². The number of sulfonamides is 1. The molecule has 3 rings (SSSR count). The number of rotatable bonds is 4. The molecule has 0 aliphatic carbocycles. The lowest BCUT2D eigenvalue weighted by Crippen LogP contribution is -2.52. The van der Waals surface area contributed by atoms with Gasteiger partial charge in [-0.25, -0.2) is 8.42 Å². The molecule has 24 heavy (non-hydrogen) atoms. The average molecular weight is 352 g/mol. The summed E-state index contributed by atoms with van der Waals surface area (Å²) < 4.78 is 27.0. The van der Waals surface area contributed by atoms with Crippen molar-refractivity contribution >= 4 is 10.0 Å². The molecular formula is C18H29N3O2S. The Balaban J connectivity index is 1.54. The molecule has 0 aromatic heterocycles. The summed E-state index contributed by atoms with van der Waals surface area (Å²) in [4.78, 5) is 5.37. The molecular weight excluding hydrogens is 322 g/mol. The summed E-state index contributed by atoms with van der Waals surface area (Å²) in [6.45, 7) is 8.07. The van der Waals surface area contributed by atoms with Crippen molar-refractivity contribution < 1.29 is 8.42 Å². The lowest BCUT2D eigenvalue weighted by atomic mass is 9.96. The molecule has 2 aliphatic rings. The van der Waals surface area contributed by atoms with Crippen LogP contribution in [-0.2, 0) is 10.0 Å². The second-order valence-electron chi connectivity index (χ2n) is 7.27. The second-order valence-corrected chi connectivity index (χ2v) is 9.20. The molecule has 0 unspecified atom stereocenters. The third-order valence-corrected chi connectivity index (χ3v) is 7.33. The quantitative estimate of drug-likeness (QED) is 0.829. The fraction of sp³-hybridized carbons (Fsp3) is 0.667. The van der Waals surface area contributed by atoms with Crippen molar-refractivity contribution in [2.75, 3.05) is 46.3 Å². The first kappa shape index (κ1) is 17.9. The van der Waals surface area contributed by atoms with Crippen LogP contribution in [0.1, 0.15) is 19.8 Å². The first-order chi connectivity index (χ1) is 11.5. The first-order valence-electron chi connectivity index (χ1n) is 8.94. The maximum Gasteiger partial charge on any atom is 0.243 e. The van der Waals surface area contributed by atoms with E-state index in [1.165, 1.54) is 0 Å². The minimum absolute atomic E-state index is 0.413. The maximum atomic E-state index is 12.7. The molecule has 0 N–H and O–H groups in total. The van der Waals surface area contributed by atoms with Crippen LogP contribution in [0.15, 0.2) is 35.2 Å². The van der Waals surface area contributed by atoms with Gasteiger partial charge in [-0.1, -0.05) is 18.2 Å². The van der Waals surface area contributed by atoms with Crippen LogP contribution in [-0.4, -0.2) is 74.9 Å². The van der Waals surface area contributed by atoms with Crippen LogP contribution in [0.2, 0.25) is 0 Å². The van der Waals surface area contributed by atoms with Gasteiger partial charge in [0.05, 0.1) is 4.90 Å². The van der Waals surface area contributed by atoms with Crippen LogP contribution in [0.4, 0.5) is 0 Å². The summed E-state index contributed by atoms with van der Waals surface area (Å²) >= 11 is 0. The Morgan fingerprint density at radius 3 is 2.33 bits per heavy atom. The first-order valence-corrected chi connectivity index (χ1v) is 10.4. The fourth-order valence-corrected chi connectivity index (χ4v) is 5.34. The van der Waals surface area contributed by atoms with E-state index in [0.717, 1.165) is 39.0 Å². The van der Waals surface area contributed by atoms with Crippen molar-refractivity contribution in [3.05, 3.63) is 30.3 Å². The SMILES string of the molecule is C[C@@H]1CN(C)CCN1CC1CCN(S(=O)(=O)c2ccccc2)CC1. The Hall–Kier alpha value is -0.950. The zero-order chi connectivity index (χ0) is 17.2. The molecule has 0 amide bonds. The Morgan fingerprint density at radius 1 is 1.04 bits per heavy atom. The number of benzene rings is 1. The van der Waals surface area contributed by atoms with Crippen LogP contribution in [0.5, 0.6) is 0 Å². The van der Waals surface area contributed by atoms with Crippen molar-refractivity contribution in [2.24, 2.45) is 5.92 Å². The lowest BCUT2D eigenvalue weighted by Gasteiger charge is -2.41. The fourth-order valence-electron chi connectivity index (χ4n) is 3.85. The minimum atomic E-state index is -3.32. The van der Waals surface area contributed by atoms with Crippen LogP contribution in [0, 0.1) is 5.92 Å². The summed E-state index contributed by atoms with van der Waals surface area (Å²) in [5.41, 5.74) is 0. The molecule has 1 aromatic rings. The number of nitrogens with zero attached hydrogens (tertiary/aromatic N) is 3. The van der Waals surface area contributed by atoms with Gasteiger partial charge in [-0.15, -0.1) is 0 Å². The van der Waals surface area contributed by atoms with Crippen LogP contribution in [0.3, 0.4) is 0 Å². The number of likely N-dealkylation sites (N-methyl/N-ethyl adjacent to an activating group) is 1. The van der Waals surface area contributed by atoms with Crippen molar-refractivity contribution in [3.8, 4) is 0 Å². The summed E-state index contributed by atoms with van der Waals surface area (Å²) in [6.07, 6.45) is 1.93. The molecule has 134 valence electrons. The molecule has 2 heterocycles. The Kier molecular flexibility index (Phi) is 5.59. The predicted octanol–water partition coefficient (Wildman–Crippen LogP) is 1.72. The standard InChI is InChI=1S/C18H29N3O2S/c1-16-14-19(2)12-13-20(16)15-17-8-10-21(11-9-17)24(22,23)18-6-4-3-5-7-18/h3-7,16-17H,8-15H2,1-2H3/t16-/m1/s1. The summed E-state index contributed by atoms with van der Waals surface area (Å²) in [6, 6.07) is 9.39. The van der Waals surface area contributed by atoms with Crippen molar-refractivity contribution in [2.45, 2.75) is 30.7 Å². The van der Waals surface area contributed by atoms with Gasteiger partial charge < -0.3 is 4.90 Å². The van der Waals surface area contributed by atoms with E-state index in [-0.39, 0.29) is 0 Å². The molecule has 0 saturated carbocycles. The number of hydrogen-bond acceptors (Lipinski definition) is 4. The van der Waals surface area contributed by atoms with Crippen LogP contribution < -0.4 is 0 Å². The second kappa shape index (κ2) is 7.52. The highest BCUT2D eigenvalue weighted by Crippen LogP contribution is 2.25. The third-order valence-electron chi connectivity index (χ3n) is 5.42. The largest absolute Gasteiger partial charge is 0.304 e. The van der Waals surface area contributed by atoms with E-state index in [2.05, 4.69) is 23.8 Å². The van der Waals surface area contributed by atoms with Crippen molar-refractivity contribution in [3.63, 3.8) is 0 Å². The maximum absolute atomic E-state index is 12.7. The van der Waals surface area contributed by atoms with Gasteiger partial charge in [0, 0.05) is 45.3 Å². The van der Waals surface area contributed by atoms with Gasteiger partial charge in [-0.05, 0) is 44.9 Å². The van der Waals surface area contributed by atoms with E-state index in [1.54, 1.807) is 28.6 Å². The Morgan fingerprint density at radius 2 is 1.71 bits per heavy atom. The van der Waals surface area contributed by atoms with E-state index in [0.29, 0.717) is 29.9 Å². The normalized spacial score (nSPS) is 25.8. The highest BCUT2D eigenvalue weighted by Gasteiger charge is 2.31. The van der Waals surface area contributed by atoms with E-state index in [1.807, 2.05) is 6.07 Å². The third kappa shape index (κ3) is 3.99. The zero-order valence-corrected chi connectivity index (χ0v) is 15.6. The van der Waals surface area contributed by atoms with Gasteiger partial charge in [0.1, 0.15) is 0 Å². The molecule has 2 fully saturated rings. The lowest BCUT2D eigenvalue weighted by molar-refractivity contribution is 0.0750. The molecule has 2 aliphatic heterocycles. The van der Waals surface area contributed by atoms with Crippen LogP contribution >= 0.6 is 0 Å². The molecule has 5 nitrogen and oxygen atoms in total. The molecule has 2 saturated heterocycles. The molecule has 0 radical (unpaired) electrons. The monoisotopic (exact) mass is 351 g/mol. The van der Waals surface area contributed by atoms with E-state index in [9.17, 15) is 8.42 Å². The topological polar surface area (TPSA) is 43.9 Å². The van der Waals surface area contributed by atoms with E-state index < -0.39 is 10.0 Å². The highest BCUT2D eigenvalue weighted by molar-refractivity contribution is 7.89. The summed E-state index contributed by atoms with van der Waals surface area (Å²) in [7, 11) is -1.14. The van der Waals surface area contributed by atoms with Crippen molar-refractivity contribution in [1.29, 1.82) is 0 Å². The summed E-state index contributed by atoms with van der Waals surface area (Å²) in [5.74, 6) is 0.609. The molecule has 0 spiro atoms. The van der Waals surface area contributed by atoms with Gasteiger partial charge in [0.2, 0.25) is 10.0 Å². The minimum Gasteiger partial charge on any atom is -0.304 e. The molecule has 0 bridgehead atoms. The Bertz CT molecular complexity index is 627. The average Bonchev–Trinajstić information content (AvgIpc) is 2.59. The number of piperazine rings is 1. The molecule has 1 aromatic carbocycles. The molecule has 6 heteroatoms. The number of piperidine rings is 1. The van der Waals surface area contributed by atoms with Gasteiger partial charge in [0.15, 0.2) is 0 Å². The van der Waals surface area contributed by atoms with Gasteiger partial charge in [-0.3, -0.25) is 4.90 Å². The van der Waals surface area contributed by atoms with E-state index >= 15 is 0 Å². The zero-order valence-electron chi connectivity index (χ0n) is 14.8. The molecule has 1 atom stereocenters. The van der Waals surface area contributed by atoms with Crippen LogP contribution in [0.25, 0.3) is 0 Å². The van der Waals surface area contributed by atoms with E-state index in [4.69, 9.17) is 0 Å². The highest BCUT2D eigenvalue weighted by atomic mass is 32.2. The summed E-state index contributed by atoms with van der Waals surface area (Å²) in [5, 5.41) is 0. The van der Waals surface area contributed by atoms with Gasteiger partial charge in [0.25, 0.3) is 0 Å². The van der Waals surface area contributed by atoms with Gasteiger partial charge in [-0.2, -0.15) is 4.31 Å². The van der Waals surface area contributed by atoms with Gasteiger partial charge >= 0.3 is 0 Å². The Labute approximate surface area is 146 Å². The predicted molar refractivity (Wildman–Crippen MR) is 96.5 cm³/mol.